The van der Waals surface area contributed by atoms with E-state index >= 15 is 0 Å². The highest BCUT2D eigenvalue weighted by atomic mass is 14.9. The van der Waals surface area contributed by atoms with E-state index in [0.29, 0.717) is 0 Å². The molecule has 0 aromatic carbocycles. The molecule has 12 heavy (non-hydrogen) atoms. The Kier molecular flexibility index (Phi) is 6.34. The third-order valence-corrected chi connectivity index (χ3v) is 1.99. The lowest BCUT2D eigenvalue weighted by Crippen LogP contribution is -2.40. The second kappa shape index (κ2) is 6.40. The maximum Gasteiger partial charge on any atom is 0.0125 e. The van der Waals surface area contributed by atoms with E-state index in [4.69, 9.17) is 11.5 Å². The fourth-order valence-electron chi connectivity index (χ4n) is 1.16. The SMILES string of the molecule is CC(C)(CCCN)NCCCN. The molecule has 74 valence electrons. The third-order valence-electron chi connectivity index (χ3n) is 1.99. The quantitative estimate of drug-likeness (QED) is 0.490. The molecule has 0 rings (SSSR count). The summed E-state index contributed by atoms with van der Waals surface area (Å²) in [4.78, 5) is 0. The second-order valence-electron chi connectivity index (χ2n) is 3.85. The molecule has 0 bridgehead atoms. The lowest BCUT2D eigenvalue weighted by Gasteiger charge is -2.26. The number of hydrogen-bond acceptors (Lipinski definition) is 3. The number of rotatable bonds is 7. The van der Waals surface area contributed by atoms with E-state index in [0.717, 1.165) is 38.9 Å². The molecule has 5 N–H and O–H groups in total. The summed E-state index contributed by atoms with van der Waals surface area (Å²) < 4.78 is 0. The van der Waals surface area contributed by atoms with Crippen molar-refractivity contribution in [3.05, 3.63) is 0 Å². The summed E-state index contributed by atoms with van der Waals surface area (Å²) >= 11 is 0. The average molecular weight is 173 g/mol. The molecule has 0 spiro atoms. The molecule has 3 nitrogen and oxygen atoms in total. The lowest BCUT2D eigenvalue weighted by molar-refractivity contribution is 0.355. The van der Waals surface area contributed by atoms with Crippen LogP contribution in [0.5, 0.6) is 0 Å². The van der Waals surface area contributed by atoms with Gasteiger partial charge in [0, 0.05) is 5.54 Å². The highest BCUT2D eigenvalue weighted by Crippen LogP contribution is 2.09. The van der Waals surface area contributed by atoms with Crippen LogP contribution in [0.4, 0.5) is 0 Å². The Bertz CT molecular complexity index is 102. The van der Waals surface area contributed by atoms with Crippen molar-refractivity contribution in [1.29, 1.82) is 0 Å². The lowest BCUT2D eigenvalue weighted by atomic mass is 9.98. The van der Waals surface area contributed by atoms with E-state index in [9.17, 15) is 0 Å². The second-order valence-corrected chi connectivity index (χ2v) is 3.85. The average Bonchev–Trinajstić information content (AvgIpc) is 2.01. The molecular formula is C9H23N3. The normalized spacial score (nSPS) is 12.0. The summed E-state index contributed by atoms with van der Waals surface area (Å²) in [6, 6.07) is 0. The van der Waals surface area contributed by atoms with Gasteiger partial charge in [0.25, 0.3) is 0 Å². The van der Waals surface area contributed by atoms with Crippen LogP contribution in [0.3, 0.4) is 0 Å². The van der Waals surface area contributed by atoms with Crippen LogP contribution in [-0.4, -0.2) is 25.2 Å². The molecule has 0 fully saturated rings. The predicted octanol–water partition coefficient (Wildman–Crippen LogP) is 0.442. The summed E-state index contributed by atoms with van der Waals surface area (Å²) in [6.07, 6.45) is 3.27. The minimum Gasteiger partial charge on any atom is -0.330 e. The van der Waals surface area contributed by atoms with Crippen molar-refractivity contribution >= 4 is 0 Å². The molecule has 0 amide bonds. The zero-order valence-electron chi connectivity index (χ0n) is 8.40. The topological polar surface area (TPSA) is 64.1 Å². The summed E-state index contributed by atoms with van der Waals surface area (Å²) in [5.41, 5.74) is 11.1. The van der Waals surface area contributed by atoms with Gasteiger partial charge in [0.2, 0.25) is 0 Å². The predicted molar refractivity (Wildman–Crippen MR) is 54.0 cm³/mol. The van der Waals surface area contributed by atoms with Gasteiger partial charge in [0.05, 0.1) is 0 Å². The van der Waals surface area contributed by atoms with Crippen molar-refractivity contribution in [1.82, 2.24) is 5.32 Å². The number of hydrogen-bond donors (Lipinski definition) is 3. The van der Waals surface area contributed by atoms with E-state index in [1.54, 1.807) is 0 Å². The summed E-state index contributed by atoms with van der Waals surface area (Å²) in [5.74, 6) is 0. The van der Waals surface area contributed by atoms with Gasteiger partial charge in [-0.15, -0.1) is 0 Å². The van der Waals surface area contributed by atoms with Gasteiger partial charge in [-0.3, -0.25) is 0 Å². The molecule has 0 aromatic heterocycles. The summed E-state index contributed by atoms with van der Waals surface area (Å²) in [7, 11) is 0. The summed E-state index contributed by atoms with van der Waals surface area (Å²) in [5, 5.41) is 3.46. The largest absolute Gasteiger partial charge is 0.330 e. The van der Waals surface area contributed by atoms with Crippen molar-refractivity contribution in [3.63, 3.8) is 0 Å². The number of nitrogens with two attached hydrogens (primary N) is 2. The highest BCUT2D eigenvalue weighted by molar-refractivity contribution is 4.77. The van der Waals surface area contributed by atoms with Crippen molar-refractivity contribution in [2.75, 3.05) is 19.6 Å². The standard InChI is InChI=1S/C9H23N3/c1-9(2,5-3-6-10)12-8-4-7-11/h12H,3-8,10-11H2,1-2H3. The minimum atomic E-state index is 0.217. The first-order valence-electron chi connectivity index (χ1n) is 4.77. The maximum atomic E-state index is 5.44. The van der Waals surface area contributed by atoms with Crippen molar-refractivity contribution in [3.8, 4) is 0 Å². The zero-order valence-corrected chi connectivity index (χ0v) is 8.40. The minimum absolute atomic E-state index is 0.217. The van der Waals surface area contributed by atoms with Crippen molar-refractivity contribution < 1.29 is 0 Å². The molecule has 0 atom stereocenters. The highest BCUT2D eigenvalue weighted by Gasteiger charge is 2.14. The molecule has 0 aliphatic carbocycles. The fourth-order valence-corrected chi connectivity index (χ4v) is 1.16. The van der Waals surface area contributed by atoms with Crippen LogP contribution in [0.15, 0.2) is 0 Å². The first kappa shape index (κ1) is 11.9. The van der Waals surface area contributed by atoms with Crippen LogP contribution < -0.4 is 16.8 Å². The van der Waals surface area contributed by atoms with Gasteiger partial charge in [-0.05, 0) is 52.7 Å². The van der Waals surface area contributed by atoms with Crippen LogP contribution >= 0.6 is 0 Å². The number of nitrogens with one attached hydrogen (secondary N) is 1. The van der Waals surface area contributed by atoms with Crippen molar-refractivity contribution in [2.45, 2.75) is 38.6 Å². The smallest absolute Gasteiger partial charge is 0.0125 e. The van der Waals surface area contributed by atoms with Gasteiger partial charge >= 0.3 is 0 Å². The monoisotopic (exact) mass is 173 g/mol. The molecule has 0 aromatic rings. The van der Waals surface area contributed by atoms with E-state index in [1.165, 1.54) is 0 Å². The van der Waals surface area contributed by atoms with Crippen LogP contribution in [0.1, 0.15) is 33.1 Å². The third kappa shape index (κ3) is 6.58. The molecule has 0 heterocycles. The van der Waals surface area contributed by atoms with Crippen LogP contribution in [0.25, 0.3) is 0 Å². The zero-order chi connectivity index (χ0) is 9.45. The Morgan fingerprint density at radius 3 is 2.17 bits per heavy atom. The first-order chi connectivity index (χ1) is 5.62. The van der Waals surface area contributed by atoms with Crippen LogP contribution in [0.2, 0.25) is 0 Å². The Hall–Kier alpha value is -0.120. The maximum absolute atomic E-state index is 5.44. The van der Waals surface area contributed by atoms with Gasteiger partial charge in [-0.1, -0.05) is 0 Å². The molecule has 0 aliphatic rings. The Morgan fingerprint density at radius 2 is 1.67 bits per heavy atom. The summed E-state index contributed by atoms with van der Waals surface area (Å²) in [6.45, 7) is 6.97. The van der Waals surface area contributed by atoms with Gasteiger partial charge in [-0.25, -0.2) is 0 Å². The molecule has 0 saturated carbocycles. The fraction of sp³-hybridized carbons (Fsp3) is 1.00. The van der Waals surface area contributed by atoms with E-state index < -0.39 is 0 Å². The van der Waals surface area contributed by atoms with Crippen molar-refractivity contribution in [2.24, 2.45) is 11.5 Å². The molecule has 3 heteroatoms. The van der Waals surface area contributed by atoms with E-state index in [2.05, 4.69) is 19.2 Å². The van der Waals surface area contributed by atoms with Gasteiger partial charge in [0.15, 0.2) is 0 Å². The Labute approximate surface area is 75.9 Å². The molecule has 0 unspecified atom stereocenters. The molecule has 0 aliphatic heterocycles. The Balaban J connectivity index is 3.42. The van der Waals surface area contributed by atoms with E-state index in [1.807, 2.05) is 0 Å². The molecule has 0 saturated heterocycles. The van der Waals surface area contributed by atoms with Gasteiger partial charge in [0.1, 0.15) is 0 Å². The van der Waals surface area contributed by atoms with E-state index in [-0.39, 0.29) is 5.54 Å². The van der Waals surface area contributed by atoms with Crippen LogP contribution in [0, 0.1) is 0 Å². The first-order valence-corrected chi connectivity index (χ1v) is 4.77. The molecule has 0 radical (unpaired) electrons. The van der Waals surface area contributed by atoms with Gasteiger partial charge < -0.3 is 16.8 Å². The molecular weight excluding hydrogens is 150 g/mol. The Morgan fingerprint density at radius 1 is 1.08 bits per heavy atom. The van der Waals surface area contributed by atoms with Gasteiger partial charge in [-0.2, -0.15) is 0 Å². The van der Waals surface area contributed by atoms with Crippen LogP contribution in [-0.2, 0) is 0 Å².